The standard InChI is InChI=1S/C10H16ClN3O3/c1-16-5-3-14(4-6-17-2)9-8(11)7-12-13-10(9)15/h7H,3-6H2,1-2H3,(H,13,15). The average Bonchev–Trinajstić information content (AvgIpc) is 2.31. The first-order chi connectivity index (χ1) is 8.20. The molecule has 17 heavy (non-hydrogen) atoms. The fourth-order valence-corrected chi connectivity index (χ4v) is 1.66. The summed E-state index contributed by atoms with van der Waals surface area (Å²) in [6.07, 6.45) is 1.41. The molecule has 0 saturated heterocycles. The third kappa shape index (κ3) is 3.99. The van der Waals surface area contributed by atoms with E-state index in [0.717, 1.165) is 0 Å². The molecule has 0 aliphatic rings. The van der Waals surface area contributed by atoms with Crippen molar-refractivity contribution in [3.8, 4) is 0 Å². The van der Waals surface area contributed by atoms with Crippen molar-refractivity contribution in [2.45, 2.75) is 0 Å². The van der Waals surface area contributed by atoms with Gasteiger partial charge in [-0.3, -0.25) is 4.79 Å². The van der Waals surface area contributed by atoms with Crippen LogP contribution in [0.2, 0.25) is 5.02 Å². The molecule has 0 aliphatic carbocycles. The average molecular weight is 262 g/mol. The van der Waals surface area contributed by atoms with Gasteiger partial charge >= 0.3 is 0 Å². The molecular weight excluding hydrogens is 246 g/mol. The number of rotatable bonds is 7. The lowest BCUT2D eigenvalue weighted by Gasteiger charge is -2.23. The Balaban J connectivity index is 2.90. The minimum Gasteiger partial charge on any atom is -0.383 e. The molecule has 7 heteroatoms. The van der Waals surface area contributed by atoms with Crippen LogP contribution in [0.5, 0.6) is 0 Å². The maximum absolute atomic E-state index is 11.7. The van der Waals surface area contributed by atoms with Gasteiger partial charge in [0.05, 0.1) is 24.4 Å². The fraction of sp³-hybridized carbons (Fsp3) is 0.600. The summed E-state index contributed by atoms with van der Waals surface area (Å²) in [5.74, 6) is 0. The molecule has 1 aromatic heterocycles. The van der Waals surface area contributed by atoms with Crippen molar-refractivity contribution in [1.29, 1.82) is 0 Å². The Morgan fingerprint density at radius 1 is 1.35 bits per heavy atom. The number of nitrogens with one attached hydrogen (secondary N) is 1. The van der Waals surface area contributed by atoms with Gasteiger partial charge in [-0.05, 0) is 0 Å². The van der Waals surface area contributed by atoms with Gasteiger partial charge < -0.3 is 14.4 Å². The van der Waals surface area contributed by atoms with Crippen LogP contribution >= 0.6 is 11.6 Å². The lowest BCUT2D eigenvalue weighted by atomic mass is 10.3. The van der Waals surface area contributed by atoms with Crippen LogP contribution in [0.1, 0.15) is 0 Å². The zero-order chi connectivity index (χ0) is 12.7. The largest absolute Gasteiger partial charge is 0.383 e. The van der Waals surface area contributed by atoms with Crippen LogP contribution in [0, 0.1) is 0 Å². The highest BCUT2D eigenvalue weighted by Gasteiger charge is 2.14. The van der Waals surface area contributed by atoms with E-state index in [1.807, 2.05) is 4.90 Å². The van der Waals surface area contributed by atoms with Gasteiger partial charge in [-0.15, -0.1) is 0 Å². The van der Waals surface area contributed by atoms with E-state index in [4.69, 9.17) is 21.1 Å². The Labute approximate surface area is 104 Å². The first-order valence-electron chi connectivity index (χ1n) is 5.16. The van der Waals surface area contributed by atoms with E-state index in [1.54, 1.807) is 14.2 Å². The zero-order valence-corrected chi connectivity index (χ0v) is 10.7. The summed E-state index contributed by atoms with van der Waals surface area (Å²) in [7, 11) is 3.21. The molecule has 1 N–H and O–H groups in total. The Morgan fingerprint density at radius 3 is 2.41 bits per heavy atom. The number of hydrogen-bond donors (Lipinski definition) is 1. The summed E-state index contributed by atoms with van der Waals surface area (Å²) in [4.78, 5) is 13.5. The summed E-state index contributed by atoms with van der Waals surface area (Å²) in [5.41, 5.74) is 0.0838. The SMILES string of the molecule is COCCN(CCOC)c1c(Cl)cn[nH]c1=O. The van der Waals surface area contributed by atoms with E-state index in [0.29, 0.717) is 37.0 Å². The molecule has 1 rings (SSSR count). The van der Waals surface area contributed by atoms with Gasteiger partial charge in [-0.1, -0.05) is 11.6 Å². The van der Waals surface area contributed by atoms with E-state index in [2.05, 4.69) is 10.2 Å². The number of aromatic nitrogens is 2. The highest BCUT2D eigenvalue weighted by atomic mass is 35.5. The smallest absolute Gasteiger partial charge is 0.289 e. The number of halogens is 1. The first kappa shape index (κ1) is 14.0. The van der Waals surface area contributed by atoms with Crippen LogP contribution in [0.15, 0.2) is 11.0 Å². The summed E-state index contributed by atoms with van der Waals surface area (Å²) >= 11 is 5.98. The van der Waals surface area contributed by atoms with Crippen molar-refractivity contribution in [3.63, 3.8) is 0 Å². The Morgan fingerprint density at radius 2 is 1.94 bits per heavy atom. The highest BCUT2D eigenvalue weighted by Crippen LogP contribution is 2.19. The molecule has 0 amide bonds. The molecule has 0 radical (unpaired) electrons. The van der Waals surface area contributed by atoms with Gasteiger partial charge in [0.2, 0.25) is 0 Å². The number of ether oxygens (including phenoxy) is 2. The second-order valence-electron chi connectivity index (χ2n) is 3.37. The summed E-state index contributed by atoms with van der Waals surface area (Å²) in [5, 5.41) is 6.31. The minimum absolute atomic E-state index is 0.315. The van der Waals surface area contributed by atoms with Crippen molar-refractivity contribution >= 4 is 17.3 Å². The number of aromatic amines is 1. The first-order valence-corrected chi connectivity index (χ1v) is 5.54. The predicted octanol–water partition coefficient (Wildman–Crippen LogP) is 0.523. The van der Waals surface area contributed by atoms with E-state index in [1.165, 1.54) is 6.20 Å². The van der Waals surface area contributed by atoms with Gasteiger partial charge in [0, 0.05) is 27.3 Å². The predicted molar refractivity (Wildman–Crippen MR) is 65.8 cm³/mol. The molecule has 0 fully saturated rings. The van der Waals surface area contributed by atoms with Gasteiger partial charge in [0.25, 0.3) is 5.56 Å². The lowest BCUT2D eigenvalue weighted by Crippen LogP contribution is -2.35. The third-order valence-corrected chi connectivity index (χ3v) is 2.51. The number of anilines is 1. The lowest BCUT2D eigenvalue weighted by molar-refractivity contribution is 0.190. The molecule has 0 unspecified atom stereocenters. The van der Waals surface area contributed by atoms with Gasteiger partial charge in [-0.25, -0.2) is 5.10 Å². The second kappa shape index (κ2) is 7.26. The van der Waals surface area contributed by atoms with Crippen molar-refractivity contribution in [1.82, 2.24) is 10.2 Å². The monoisotopic (exact) mass is 261 g/mol. The number of hydrogen-bond acceptors (Lipinski definition) is 5. The Hall–Kier alpha value is -1.11. The maximum Gasteiger partial charge on any atom is 0.289 e. The Kier molecular flexibility index (Phi) is 5.96. The molecule has 6 nitrogen and oxygen atoms in total. The van der Waals surface area contributed by atoms with Crippen LogP contribution in [-0.2, 0) is 9.47 Å². The van der Waals surface area contributed by atoms with Crippen molar-refractivity contribution < 1.29 is 9.47 Å². The molecule has 0 bridgehead atoms. The van der Waals surface area contributed by atoms with E-state index in [9.17, 15) is 4.79 Å². The van der Waals surface area contributed by atoms with E-state index >= 15 is 0 Å². The fourth-order valence-electron chi connectivity index (χ4n) is 1.40. The summed E-state index contributed by atoms with van der Waals surface area (Å²) < 4.78 is 10.0. The third-order valence-electron chi connectivity index (χ3n) is 2.23. The van der Waals surface area contributed by atoms with Gasteiger partial charge in [0.15, 0.2) is 0 Å². The van der Waals surface area contributed by atoms with Crippen LogP contribution < -0.4 is 10.5 Å². The molecule has 0 saturated carbocycles. The molecule has 0 spiro atoms. The van der Waals surface area contributed by atoms with Crippen molar-refractivity contribution in [2.75, 3.05) is 45.4 Å². The molecule has 96 valence electrons. The molecular formula is C10H16ClN3O3. The normalized spacial score (nSPS) is 10.5. The van der Waals surface area contributed by atoms with Crippen LogP contribution in [0.25, 0.3) is 0 Å². The Bertz CT molecular complexity index is 389. The topological polar surface area (TPSA) is 67.5 Å². The molecule has 0 aliphatic heterocycles. The van der Waals surface area contributed by atoms with Gasteiger partial charge in [0.1, 0.15) is 5.69 Å². The second-order valence-corrected chi connectivity index (χ2v) is 3.78. The van der Waals surface area contributed by atoms with Crippen molar-refractivity contribution in [3.05, 3.63) is 21.6 Å². The van der Waals surface area contributed by atoms with E-state index < -0.39 is 0 Å². The number of methoxy groups -OCH3 is 2. The van der Waals surface area contributed by atoms with Crippen LogP contribution in [0.4, 0.5) is 5.69 Å². The van der Waals surface area contributed by atoms with Crippen LogP contribution in [-0.4, -0.2) is 50.7 Å². The minimum atomic E-state index is -0.315. The van der Waals surface area contributed by atoms with Crippen LogP contribution in [0.3, 0.4) is 0 Å². The molecule has 0 aromatic carbocycles. The maximum atomic E-state index is 11.7. The number of nitrogens with zero attached hydrogens (tertiary/aromatic N) is 2. The quantitative estimate of drug-likeness (QED) is 0.775. The molecule has 1 heterocycles. The molecule has 1 aromatic rings. The summed E-state index contributed by atoms with van der Waals surface area (Å²) in [6.45, 7) is 2.13. The summed E-state index contributed by atoms with van der Waals surface area (Å²) in [6, 6.07) is 0. The van der Waals surface area contributed by atoms with Gasteiger partial charge in [-0.2, -0.15) is 5.10 Å². The van der Waals surface area contributed by atoms with Crippen molar-refractivity contribution in [2.24, 2.45) is 0 Å². The highest BCUT2D eigenvalue weighted by molar-refractivity contribution is 6.33. The number of H-pyrrole nitrogens is 1. The zero-order valence-electron chi connectivity index (χ0n) is 9.90. The molecule has 0 atom stereocenters. The van der Waals surface area contributed by atoms with E-state index in [-0.39, 0.29) is 5.56 Å².